The zero-order chi connectivity index (χ0) is 17.5. The summed E-state index contributed by atoms with van der Waals surface area (Å²) >= 11 is 0. The number of hydrogen-bond donors (Lipinski definition) is 1. The summed E-state index contributed by atoms with van der Waals surface area (Å²) in [5, 5.41) is 19.7. The van der Waals surface area contributed by atoms with Crippen LogP contribution in [0.1, 0.15) is 37.7 Å². The summed E-state index contributed by atoms with van der Waals surface area (Å²) in [7, 11) is 0. The standard InChI is InChI=1S/C17H18F2N4O2/c18-12-4-5-13(14(19)8-12)15-17(24,9-23-11-20-10-21-23)16(25-22-15)6-2-1-3-7-16/h4-5,8,10-11,24H,1-3,6-7,9H2. The average molecular weight is 348 g/mol. The zero-order valence-corrected chi connectivity index (χ0v) is 13.5. The molecule has 25 heavy (non-hydrogen) atoms. The van der Waals surface area contributed by atoms with Crippen LogP contribution in [0.4, 0.5) is 8.78 Å². The van der Waals surface area contributed by atoms with Crippen LogP contribution in [0.15, 0.2) is 36.0 Å². The van der Waals surface area contributed by atoms with E-state index in [1.165, 1.54) is 23.4 Å². The highest BCUT2D eigenvalue weighted by atomic mass is 19.1. The van der Waals surface area contributed by atoms with Gasteiger partial charge in [-0.3, -0.25) is 0 Å². The minimum Gasteiger partial charge on any atom is -0.385 e. The lowest BCUT2D eigenvalue weighted by Crippen LogP contribution is -2.60. The van der Waals surface area contributed by atoms with Crippen molar-refractivity contribution >= 4 is 5.71 Å². The third-order valence-corrected chi connectivity index (χ3v) is 5.16. The first-order valence-electron chi connectivity index (χ1n) is 8.31. The molecule has 1 atom stereocenters. The van der Waals surface area contributed by atoms with Crippen LogP contribution >= 0.6 is 0 Å². The summed E-state index contributed by atoms with van der Waals surface area (Å²) in [6.07, 6.45) is 6.86. The predicted molar refractivity (Wildman–Crippen MR) is 84.8 cm³/mol. The molecule has 2 heterocycles. The molecule has 1 saturated carbocycles. The van der Waals surface area contributed by atoms with Gasteiger partial charge in [-0.25, -0.2) is 18.4 Å². The van der Waals surface area contributed by atoms with Gasteiger partial charge in [-0.05, 0) is 37.8 Å². The van der Waals surface area contributed by atoms with Crippen molar-refractivity contribution in [3.05, 3.63) is 48.1 Å². The Morgan fingerprint density at radius 2 is 2.00 bits per heavy atom. The summed E-state index contributed by atoms with van der Waals surface area (Å²) in [5.74, 6) is -1.47. The van der Waals surface area contributed by atoms with Gasteiger partial charge in [0.15, 0.2) is 11.2 Å². The highest BCUT2D eigenvalue weighted by Gasteiger charge is 2.61. The number of halogens is 2. The van der Waals surface area contributed by atoms with Gasteiger partial charge in [0, 0.05) is 11.6 Å². The smallest absolute Gasteiger partial charge is 0.173 e. The fourth-order valence-corrected chi connectivity index (χ4v) is 3.85. The topological polar surface area (TPSA) is 72.5 Å². The Bertz CT molecular complexity index is 803. The van der Waals surface area contributed by atoms with Gasteiger partial charge in [0.2, 0.25) is 0 Å². The molecule has 1 unspecified atom stereocenters. The molecular weight excluding hydrogens is 330 g/mol. The van der Waals surface area contributed by atoms with Gasteiger partial charge in [-0.1, -0.05) is 11.6 Å². The molecule has 1 fully saturated rings. The largest absolute Gasteiger partial charge is 0.385 e. The lowest BCUT2D eigenvalue weighted by atomic mass is 9.69. The number of rotatable bonds is 3. The second-order valence-corrected chi connectivity index (χ2v) is 6.66. The van der Waals surface area contributed by atoms with Crippen molar-refractivity contribution in [3.8, 4) is 0 Å². The molecule has 8 heteroatoms. The molecule has 0 bridgehead atoms. The fourth-order valence-electron chi connectivity index (χ4n) is 3.85. The summed E-state index contributed by atoms with van der Waals surface area (Å²) in [5.41, 5.74) is -2.42. The maximum Gasteiger partial charge on any atom is 0.173 e. The molecule has 1 aromatic heterocycles. The Hall–Kier alpha value is -2.35. The van der Waals surface area contributed by atoms with Crippen molar-refractivity contribution in [2.24, 2.45) is 5.16 Å². The summed E-state index contributed by atoms with van der Waals surface area (Å²) in [6, 6.07) is 3.20. The van der Waals surface area contributed by atoms with E-state index in [9.17, 15) is 13.9 Å². The van der Waals surface area contributed by atoms with Crippen molar-refractivity contribution in [3.63, 3.8) is 0 Å². The van der Waals surface area contributed by atoms with Gasteiger partial charge in [0.05, 0.1) is 6.54 Å². The first-order valence-corrected chi connectivity index (χ1v) is 8.31. The highest BCUT2D eigenvalue weighted by Crippen LogP contribution is 2.47. The number of benzene rings is 1. The highest BCUT2D eigenvalue weighted by molar-refractivity contribution is 6.08. The van der Waals surface area contributed by atoms with E-state index in [2.05, 4.69) is 15.2 Å². The van der Waals surface area contributed by atoms with Crippen LogP contribution in [0.2, 0.25) is 0 Å². The van der Waals surface area contributed by atoms with Crippen molar-refractivity contribution in [1.82, 2.24) is 14.8 Å². The molecule has 6 nitrogen and oxygen atoms in total. The third-order valence-electron chi connectivity index (χ3n) is 5.16. The molecule has 0 amide bonds. The second kappa shape index (κ2) is 5.87. The van der Waals surface area contributed by atoms with Crippen LogP contribution in [0.3, 0.4) is 0 Å². The van der Waals surface area contributed by atoms with Crippen LogP contribution in [0, 0.1) is 11.6 Å². The Kier molecular flexibility index (Phi) is 3.79. The molecule has 1 aromatic carbocycles. The van der Waals surface area contributed by atoms with Crippen LogP contribution in [-0.2, 0) is 11.4 Å². The molecule has 2 aliphatic rings. The average Bonchev–Trinajstić information content (AvgIpc) is 3.18. The van der Waals surface area contributed by atoms with Gasteiger partial charge < -0.3 is 9.94 Å². The van der Waals surface area contributed by atoms with Gasteiger partial charge in [-0.2, -0.15) is 5.10 Å². The lowest BCUT2D eigenvalue weighted by Gasteiger charge is -2.42. The van der Waals surface area contributed by atoms with Crippen molar-refractivity contribution in [2.75, 3.05) is 0 Å². The van der Waals surface area contributed by atoms with Crippen LogP contribution in [0.5, 0.6) is 0 Å². The first kappa shape index (κ1) is 16.1. The van der Waals surface area contributed by atoms with Crippen molar-refractivity contribution < 1.29 is 18.7 Å². The van der Waals surface area contributed by atoms with E-state index in [0.717, 1.165) is 31.4 Å². The van der Waals surface area contributed by atoms with Crippen molar-refractivity contribution in [1.29, 1.82) is 0 Å². The van der Waals surface area contributed by atoms with E-state index >= 15 is 0 Å². The number of nitrogens with zero attached hydrogens (tertiary/aromatic N) is 4. The van der Waals surface area contributed by atoms with Crippen LogP contribution in [-0.4, -0.2) is 36.8 Å². The molecule has 4 rings (SSSR count). The molecule has 1 aliphatic carbocycles. The van der Waals surface area contributed by atoms with E-state index in [0.29, 0.717) is 12.8 Å². The van der Waals surface area contributed by atoms with Gasteiger partial charge >= 0.3 is 0 Å². The molecular formula is C17H18F2N4O2. The molecule has 1 aliphatic heterocycles. The van der Waals surface area contributed by atoms with Gasteiger partial charge in [0.25, 0.3) is 0 Å². The number of oxime groups is 1. The Balaban J connectivity index is 1.79. The molecule has 1 spiro atoms. The maximum atomic E-state index is 14.4. The van der Waals surface area contributed by atoms with E-state index in [1.807, 2.05) is 0 Å². The summed E-state index contributed by atoms with van der Waals surface area (Å²) < 4.78 is 29.1. The SMILES string of the molecule is OC1(Cn2cncn2)C(c2ccc(F)cc2F)=NOC12CCCCC2. The first-order chi connectivity index (χ1) is 12.0. The molecule has 132 valence electrons. The normalized spacial score (nSPS) is 25.0. The molecule has 0 saturated heterocycles. The summed E-state index contributed by atoms with van der Waals surface area (Å²) in [6.45, 7) is 0.0304. The Morgan fingerprint density at radius 3 is 2.68 bits per heavy atom. The van der Waals surface area contributed by atoms with Crippen molar-refractivity contribution in [2.45, 2.75) is 49.9 Å². The third kappa shape index (κ3) is 2.52. The Morgan fingerprint density at radius 1 is 1.20 bits per heavy atom. The Labute approximate surface area is 143 Å². The van der Waals surface area contributed by atoms with Gasteiger partial charge in [-0.15, -0.1) is 0 Å². The number of hydrogen-bond acceptors (Lipinski definition) is 5. The fraction of sp³-hybridized carbons (Fsp3) is 0.471. The van der Waals surface area contributed by atoms with Gasteiger partial charge in [0.1, 0.15) is 30.0 Å². The monoisotopic (exact) mass is 348 g/mol. The van der Waals surface area contributed by atoms with Crippen LogP contribution in [0.25, 0.3) is 0 Å². The number of aliphatic hydroxyl groups is 1. The minimum absolute atomic E-state index is 0.0304. The molecule has 1 N–H and O–H groups in total. The van der Waals surface area contributed by atoms with E-state index in [4.69, 9.17) is 4.84 Å². The molecule has 0 radical (unpaired) electrons. The minimum atomic E-state index is -1.58. The molecule has 2 aromatic rings. The summed E-state index contributed by atoms with van der Waals surface area (Å²) in [4.78, 5) is 9.61. The van der Waals surface area contributed by atoms with E-state index in [1.54, 1.807) is 0 Å². The lowest BCUT2D eigenvalue weighted by molar-refractivity contribution is -0.151. The second-order valence-electron chi connectivity index (χ2n) is 6.66. The van der Waals surface area contributed by atoms with Crippen LogP contribution < -0.4 is 0 Å². The quantitative estimate of drug-likeness (QED) is 0.925. The van der Waals surface area contributed by atoms with E-state index in [-0.39, 0.29) is 17.8 Å². The predicted octanol–water partition coefficient (Wildman–Crippen LogP) is 2.42. The van der Waals surface area contributed by atoms with E-state index < -0.39 is 22.8 Å². The zero-order valence-electron chi connectivity index (χ0n) is 13.5. The maximum absolute atomic E-state index is 14.4. The number of aromatic nitrogens is 3.